The molecule has 0 amide bonds. The summed E-state index contributed by atoms with van der Waals surface area (Å²) in [6.07, 6.45) is 1.01. The van der Waals surface area contributed by atoms with Crippen molar-refractivity contribution in [3.63, 3.8) is 0 Å². The molecule has 21 heavy (non-hydrogen) atoms. The van der Waals surface area contributed by atoms with Crippen molar-refractivity contribution in [1.29, 1.82) is 0 Å². The molecule has 0 atom stereocenters. The van der Waals surface area contributed by atoms with Crippen LogP contribution in [0.1, 0.15) is 18.9 Å². The summed E-state index contributed by atoms with van der Waals surface area (Å²) in [4.78, 5) is 0. The fourth-order valence-corrected chi connectivity index (χ4v) is 2.09. The van der Waals surface area contributed by atoms with Gasteiger partial charge in [0.15, 0.2) is 0 Å². The van der Waals surface area contributed by atoms with Crippen molar-refractivity contribution in [1.82, 2.24) is 5.32 Å². The molecule has 0 radical (unpaired) electrons. The van der Waals surface area contributed by atoms with Crippen LogP contribution in [-0.2, 0) is 6.54 Å². The van der Waals surface area contributed by atoms with Gasteiger partial charge in [-0.25, -0.2) is 8.78 Å². The molecule has 0 aliphatic heterocycles. The number of benzene rings is 2. The van der Waals surface area contributed by atoms with E-state index in [1.165, 1.54) is 0 Å². The predicted octanol–water partition coefficient (Wildman–Crippen LogP) is 4.91. The maximum atomic E-state index is 13.2. The Bertz CT molecular complexity index is 599. The maximum Gasteiger partial charge on any atom is 0.133 e. The van der Waals surface area contributed by atoms with E-state index in [4.69, 9.17) is 16.3 Å². The average molecular weight is 312 g/mol. The van der Waals surface area contributed by atoms with Gasteiger partial charge in [0.1, 0.15) is 23.1 Å². The van der Waals surface area contributed by atoms with E-state index >= 15 is 0 Å². The molecule has 2 rings (SSSR count). The minimum absolute atomic E-state index is 0.117. The molecule has 1 N–H and O–H groups in total. The van der Waals surface area contributed by atoms with Crippen LogP contribution in [0.4, 0.5) is 8.78 Å². The summed E-state index contributed by atoms with van der Waals surface area (Å²) in [6, 6.07) is 8.22. The van der Waals surface area contributed by atoms with Gasteiger partial charge in [-0.1, -0.05) is 18.5 Å². The number of nitrogens with one attached hydrogen (secondary N) is 1. The van der Waals surface area contributed by atoms with Gasteiger partial charge in [-0.15, -0.1) is 0 Å². The van der Waals surface area contributed by atoms with Crippen LogP contribution in [0, 0.1) is 11.6 Å². The largest absolute Gasteiger partial charge is 0.457 e. The molecule has 0 bridgehead atoms. The molecule has 0 heterocycles. The SMILES string of the molecule is CCCNCc1cc(Cl)ccc1Oc1cc(F)cc(F)c1. The van der Waals surface area contributed by atoms with Crippen molar-refractivity contribution in [3.05, 3.63) is 58.6 Å². The van der Waals surface area contributed by atoms with Crippen LogP contribution < -0.4 is 10.1 Å². The van der Waals surface area contributed by atoms with Crippen molar-refractivity contribution in [2.45, 2.75) is 19.9 Å². The van der Waals surface area contributed by atoms with Gasteiger partial charge in [-0.3, -0.25) is 0 Å². The lowest BCUT2D eigenvalue weighted by atomic mass is 10.2. The van der Waals surface area contributed by atoms with Crippen molar-refractivity contribution in [2.24, 2.45) is 0 Å². The number of halogens is 3. The molecule has 0 saturated carbocycles. The fourth-order valence-electron chi connectivity index (χ4n) is 1.90. The molecule has 5 heteroatoms. The lowest BCUT2D eigenvalue weighted by Crippen LogP contribution is -2.14. The summed E-state index contributed by atoms with van der Waals surface area (Å²) in [5, 5.41) is 3.83. The normalized spacial score (nSPS) is 10.7. The Morgan fingerprint density at radius 1 is 1.10 bits per heavy atom. The predicted molar refractivity (Wildman–Crippen MR) is 79.9 cm³/mol. The number of ether oxygens (including phenoxy) is 1. The second kappa shape index (κ2) is 7.38. The maximum absolute atomic E-state index is 13.2. The minimum atomic E-state index is -0.676. The van der Waals surface area contributed by atoms with E-state index in [0.29, 0.717) is 17.3 Å². The van der Waals surface area contributed by atoms with E-state index in [0.717, 1.165) is 36.7 Å². The highest BCUT2D eigenvalue weighted by Gasteiger charge is 2.08. The molecule has 0 fully saturated rings. The second-order valence-corrected chi connectivity index (χ2v) is 5.07. The van der Waals surface area contributed by atoms with Gasteiger partial charge in [0.25, 0.3) is 0 Å². The molecule has 112 valence electrons. The Balaban J connectivity index is 2.21. The van der Waals surface area contributed by atoms with Crippen molar-refractivity contribution in [3.8, 4) is 11.5 Å². The molecule has 0 saturated heterocycles. The van der Waals surface area contributed by atoms with Crippen LogP contribution >= 0.6 is 11.6 Å². The summed E-state index contributed by atoms with van der Waals surface area (Å²) in [5.41, 5.74) is 0.834. The quantitative estimate of drug-likeness (QED) is 0.765. The van der Waals surface area contributed by atoms with Crippen molar-refractivity contribution >= 4 is 11.6 Å². The highest BCUT2D eigenvalue weighted by Crippen LogP contribution is 2.28. The monoisotopic (exact) mass is 311 g/mol. The number of rotatable bonds is 6. The van der Waals surface area contributed by atoms with Crippen LogP contribution in [0.5, 0.6) is 11.5 Å². The van der Waals surface area contributed by atoms with Gasteiger partial charge in [0.05, 0.1) is 0 Å². The minimum Gasteiger partial charge on any atom is -0.457 e. The average Bonchev–Trinajstić information content (AvgIpc) is 2.41. The molecule has 0 aromatic heterocycles. The molecule has 2 aromatic rings. The van der Waals surface area contributed by atoms with E-state index in [-0.39, 0.29) is 5.75 Å². The number of hydrogen-bond acceptors (Lipinski definition) is 2. The van der Waals surface area contributed by atoms with Gasteiger partial charge in [0.2, 0.25) is 0 Å². The van der Waals surface area contributed by atoms with Crippen LogP contribution in [0.3, 0.4) is 0 Å². The van der Waals surface area contributed by atoms with Gasteiger partial charge in [-0.2, -0.15) is 0 Å². The molecule has 2 aromatic carbocycles. The van der Waals surface area contributed by atoms with E-state index < -0.39 is 11.6 Å². The van der Waals surface area contributed by atoms with Gasteiger partial charge < -0.3 is 10.1 Å². The van der Waals surface area contributed by atoms with Crippen molar-refractivity contribution in [2.75, 3.05) is 6.54 Å². The van der Waals surface area contributed by atoms with Crippen LogP contribution in [-0.4, -0.2) is 6.54 Å². The zero-order valence-electron chi connectivity index (χ0n) is 11.6. The van der Waals surface area contributed by atoms with E-state index in [2.05, 4.69) is 12.2 Å². The Kier molecular flexibility index (Phi) is 5.53. The summed E-state index contributed by atoms with van der Waals surface area (Å²) < 4.78 is 32.0. The first-order valence-electron chi connectivity index (χ1n) is 6.71. The summed E-state index contributed by atoms with van der Waals surface area (Å²) in [7, 11) is 0. The lowest BCUT2D eigenvalue weighted by Gasteiger charge is -2.12. The Morgan fingerprint density at radius 2 is 1.81 bits per heavy atom. The van der Waals surface area contributed by atoms with Gasteiger partial charge in [0, 0.05) is 35.3 Å². The fraction of sp³-hybridized carbons (Fsp3) is 0.250. The van der Waals surface area contributed by atoms with Crippen LogP contribution in [0.15, 0.2) is 36.4 Å². The molecule has 0 aliphatic carbocycles. The Morgan fingerprint density at radius 3 is 2.48 bits per heavy atom. The molecule has 0 aliphatic rings. The Labute approximate surface area is 127 Å². The third-order valence-electron chi connectivity index (χ3n) is 2.83. The Hall–Kier alpha value is -1.65. The second-order valence-electron chi connectivity index (χ2n) is 4.64. The first kappa shape index (κ1) is 15.7. The van der Waals surface area contributed by atoms with Crippen LogP contribution in [0.25, 0.3) is 0 Å². The zero-order valence-corrected chi connectivity index (χ0v) is 12.4. The first-order chi connectivity index (χ1) is 10.1. The lowest BCUT2D eigenvalue weighted by molar-refractivity contribution is 0.460. The van der Waals surface area contributed by atoms with E-state index in [1.54, 1.807) is 18.2 Å². The molecule has 0 unspecified atom stereocenters. The molecular weight excluding hydrogens is 296 g/mol. The van der Waals surface area contributed by atoms with Gasteiger partial charge >= 0.3 is 0 Å². The highest BCUT2D eigenvalue weighted by molar-refractivity contribution is 6.30. The smallest absolute Gasteiger partial charge is 0.133 e. The topological polar surface area (TPSA) is 21.3 Å². The van der Waals surface area contributed by atoms with Crippen LogP contribution in [0.2, 0.25) is 5.02 Å². The third-order valence-corrected chi connectivity index (χ3v) is 3.06. The molecule has 0 spiro atoms. The van der Waals surface area contributed by atoms with E-state index in [1.807, 2.05) is 0 Å². The molecular formula is C16H16ClF2NO. The summed E-state index contributed by atoms with van der Waals surface area (Å²) >= 11 is 5.98. The summed E-state index contributed by atoms with van der Waals surface area (Å²) in [5.74, 6) is -0.714. The van der Waals surface area contributed by atoms with Crippen molar-refractivity contribution < 1.29 is 13.5 Å². The van der Waals surface area contributed by atoms with E-state index in [9.17, 15) is 8.78 Å². The standard InChI is InChI=1S/C16H16ClF2NO/c1-2-5-20-10-11-6-12(17)3-4-16(11)21-15-8-13(18)7-14(19)9-15/h3-4,6-9,20H,2,5,10H2,1H3. The summed E-state index contributed by atoms with van der Waals surface area (Å²) in [6.45, 7) is 3.50. The third kappa shape index (κ3) is 4.69. The first-order valence-corrected chi connectivity index (χ1v) is 7.09. The molecule has 2 nitrogen and oxygen atoms in total. The highest BCUT2D eigenvalue weighted by atomic mass is 35.5. The number of hydrogen-bond donors (Lipinski definition) is 1. The zero-order chi connectivity index (χ0) is 15.2. The van der Waals surface area contributed by atoms with Gasteiger partial charge in [-0.05, 0) is 31.2 Å².